The average Bonchev–Trinajstić information content (AvgIpc) is 3.02. The van der Waals surface area contributed by atoms with Crippen LogP contribution in [0.25, 0.3) is 0 Å². The third-order valence-corrected chi connectivity index (χ3v) is 6.67. The zero-order chi connectivity index (χ0) is 22.9. The van der Waals surface area contributed by atoms with Gasteiger partial charge >= 0.3 is 0 Å². The van der Waals surface area contributed by atoms with Gasteiger partial charge in [0, 0.05) is 11.8 Å². The molecule has 2 aliphatic rings. The van der Waals surface area contributed by atoms with Gasteiger partial charge in [0.05, 0.1) is 39.0 Å². The third kappa shape index (κ3) is 4.23. The fourth-order valence-corrected chi connectivity index (χ4v) is 5.09. The van der Waals surface area contributed by atoms with Gasteiger partial charge in [0.1, 0.15) is 0 Å². The molecule has 1 saturated heterocycles. The lowest BCUT2D eigenvalue weighted by atomic mass is 9.68. The summed E-state index contributed by atoms with van der Waals surface area (Å²) in [5, 5.41) is 0. The number of carbonyl (C=O) groups is 3. The maximum Gasteiger partial charge on any atom is 0.272 e. The van der Waals surface area contributed by atoms with Gasteiger partial charge in [0.15, 0.2) is 6.54 Å². The first kappa shape index (κ1) is 22.0. The quantitative estimate of drug-likeness (QED) is 0.414. The number of fused-ring (bicyclic) bond motifs is 1. The van der Waals surface area contributed by atoms with Crippen molar-refractivity contribution in [3.05, 3.63) is 83.9 Å². The van der Waals surface area contributed by atoms with Gasteiger partial charge in [-0.15, -0.1) is 0 Å². The Morgan fingerprint density at radius 2 is 1.28 bits per heavy atom. The summed E-state index contributed by atoms with van der Waals surface area (Å²) in [6.07, 6.45) is 4.19. The molecule has 2 aromatic carbocycles. The van der Waals surface area contributed by atoms with Crippen LogP contribution < -0.4 is 5.73 Å². The standard InChI is InChI=1S/C26H29N3O3/c1-29(2,17-22(27)30)16-15-28-25(31)23-20(18-9-5-3-6-10-18)13-14-21(24(23)26(28)32)19-11-7-4-8-12-19/h3-14,20-21,23-24H,15-17H2,1-2H3,(H-,27,30)/p+1/t20-,21+,23-,24-/m1/s1. The zero-order valence-corrected chi connectivity index (χ0v) is 18.6. The molecular weight excluding hydrogens is 402 g/mol. The molecule has 0 bridgehead atoms. The van der Waals surface area contributed by atoms with Crippen LogP contribution in [0.4, 0.5) is 0 Å². The summed E-state index contributed by atoms with van der Waals surface area (Å²) in [5.74, 6) is -1.82. The third-order valence-electron chi connectivity index (χ3n) is 6.67. The Morgan fingerprint density at radius 1 is 0.844 bits per heavy atom. The van der Waals surface area contributed by atoms with Gasteiger partial charge in [-0.3, -0.25) is 19.3 Å². The van der Waals surface area contributed by atoms with Crippen molar-refractivity contribution >= 4 is 17.7 Å². The van der Waals surface area contributed by atoms with E-state index in [2.05, 4.69) is 12.2 Å². The van der Waals surface area contributed by atoms with Crippen molar-refractivity contribution in [2.75, 3.05) is 33.7 Å². The van der Waals surface area contributed by atoms with Crippen molar-refractivity contribution in [3.8, 4) is 0 Å². The second kappa shape index (κ2) is 8.71. The Bertz CT molecular complexity index is 965. The van der Waals surface area contributed by atoms with Gasteiger partial charge < -0.3 is 10.2 Å². The van der Waals surface area contributed by atoms with Crippen LogP contribution in [-0.4, -0.2) is 60.8 Å². The second-order valence-electron chi connectivity index (χ2n) is 9.42. The molecule has 32 heavy (non-hydrogen) atoms. The van der Waals surface area contributed by atoms with E-state index in [9.17, 15) is 14.4 Å². The highest BCUT2D eigenvalue weighted by atomic mass is 16.2. The molecule has 2 aromatic rings. The predicted molar refractivity (Wildman–Crippen MR) is 122 cm³/mol. The number of benzene rings is 2. The highest BCUT2D eigenvalue weighted by molar-refractivity contribution is 6.06. The lowest BCUT2D eigenvalue weighted by molar-refractivity contribution is -0.881. The SMILES string of the molecule is C[N+](C)(CCN1C(=O)[C@H]2[C@H](C1=O)[C@H](c1ccccc1)C=C[C@@H]2c1ccccc1)CC(N)=O. The summed E-state index contributed by atoms with van der Waals surface area (Å²) in [6.45, 7) is 0.900. The number of allylic oxidation sites excluding steroid dienone is 2. The van der Waals surface area contributed by atoms with E-state index in [1.165, 1.54) is 4.90 Å². The molecule has 6 heteroatoms. The van der Waals surface area contributed by atoms with Gasteiger partial charge in [-0.2, -0.15) is 0 Å². The monoisotopic (exact) mass is 432 g/mol. The van der Waals surface area contributed by atoms with Crippen molar-refractivity contribution in [1.82, 2.24) is 4.90 Å². The molecule has 6 nitrogen and oxygen atoms in total. The number of nitrogens with two attached hydrogens (primary N) is 1. The number of rotatable bonds is 7. The molecule has 4 rings (SSSR count). The van der Waals surface area contributed by atoms with E-state index in [1.807, 2.05) is 74.8 Å². The van der Waals surface area contributed by atoms with Crippen molar-refractivity contribution in [2.45, 2.75) is 11.8 Å². The van der Waals surface area contributed by atoms with Crippen LogP contribution in [0.1, 0.15) is 23.0 Å². The van der Waals surface area contributed by atoms with Crippen molar-refractivity contribution in [3.63, 3.8) is 0 Å². The van der Waals surface area contributed by atoms with E-state index in [0.717, 1.165) is 11.1 Å². The topological polar surface area (TPSA) is 80.5 Å². The van der Waals surface area contributed by atoms with Crippen LogP contribution in [-0.2, 0) is 14.4 Å². The summed E-state index contributed by atoms with van der Waals surface area (Å²) in [7, 11) is 3.76. The van der Waals surface area contributed by atoms with E-state index >= 15 is 0 Å². The summed E-state index contributed by atoms with van der Waals surface area (Å²) >= 11 is 0. The number of likely N-dealkylation sites (N-methyl/N-ethyl adjacent to an activating group) is 1. The number of primary amides is 1. The fourth-order valence-electron chi connectivity index (χ4n) is 5.09. The maximum atomic E-state index is 13.6. The van der Waals surface area contributed by atoms with Crippen LogP contribution in [0.15, 0.2) is 72.8 Å². The van der Waals surface area contributed by atoms with Gasteiger partial charge in [-0.05, 0) is 11.1 Å². The number of likely N-dealkylation sites (tertiary alicyclic amines) is 1. The second-order valence-corrected chi connectivity index (χ2v) is 9.42. The molecule has 3 amide bonds. The molecule has 4 atom stereocenters. The van der Waals surface area contributed by atoms with Gasteiger partial charge in [-0.25, -0.2) is 0 Å². The molecule has 166 valence electrons. The first-order valence-corrected chi connectivity index (χ1v) is 11.0. The summed E-state index contributed by atoms with van der Waals surface area (Å²) in [6, 6.07) is 19.8. The normalized spacial score (nSPS) is 25.1. The minimum atomic E-state index is -0.438. The molecule has 2 N–H and O–H groups in total. The van der Waals surface area contributed by atoms with E-state index < -0.39 is 17.7 Å². The van der Waals surface area contributed by atoms with E-state index in [0.29, 0.717) is 11.0 Å². The van der Waals surface area contributed by atoms with Gasteiger partial charge in [-0.1, -0.05) is 72.8 Å². The number of amides is 3. The zero-order valence-electron chi connectivity index (χ0n) is 18.6. The average molecular weight is 433 g/mol. The molecule has 1 heterocycles. The Kier molecular flexibility index (Phi) is 5.98. The number of carbonyl (C=O) groups excluding carboxylic acids is 3. The van der Waals surface area contributed by atoms with Crippen LogP contribution >= 0.6 is 0 Å². The minimum Gasteiger partial charge on any atom is -0.365 e. The van der Waals surface area contributed by atoms with E-state index in [1.54, 1.807) is 0 Å². The van der Waals surface area contributed by atoms with Crippen molar-refractivity contribution in [1.29, 1.82) is 0 Å². The Labute approximate surface area is 188 Å². The number of quaternary nitrogens is 1. The summed E-state index contributed by atoms with van der Waals surface area (Å²) in [4.78, 5) is 40.1. The van der Waals surface area contributed by atoms with Crippen LogP contribution in [0, 0.1) is 11.8 Å². The first-order chi connectivity index (χ1) is 15.3. The number of hydrogen-bond acceptors (Lipinski definition) is 3. The first-order valence-electron chi connectivity index (χ1n) is 11.0. The molecule has 0 aromatic heterocycles. The van der Waals surface area contributed by atoms with E-state index in [4.69, 9.17) is 5.73 Å². The Balaban J connectivity index is 1.67. The molecule has 0 radical (unpaired) electrons. The smallest absolute Gasteiger partial charge is 0.272 e. The molecular formula is C26H30N3O3+. The number of hydrogen-bond donors (Lipinski definition) is 1. The highest BCUT2D eigenvalue weighted by Crippen LogP contribution is 2.49. The summed E-state index contributed by atoms with van der Waals surface area (Å²) < 4.78 is 0.324. The van der Waals surface area contributed by atoms with Gasteiger partial charge in [0.2, 0.25) is 11.8 Å². The lowest BCUT2D eigenvalue weighted by Gasteiger charge is -2.32. The Morgan fingerprint density at radius 3 is 1.69 bits per heavy atom. The lowest BCUT2D eigenvalue weighted by Crippen LogP contribution is -2.50. The highest BCUT2D eigenvalue weighted by Gasteiger charge is 2.55. The molecule has 1 aliphatic carbocycles. The molecule has 0 spiro atoms. The number of nitrogens with zero attached hydrogens (tertiary/aromatic N) is 2. The van der Waals surface area contributed by atoms with Crippen molar-refractivity contribution < 1.29 is 18.9 Å². The minimum absolute atomic E-state index is 0.127. The number of imide groups is 1. The molecule has 1 fully saturated rings. The van der Waals surface area contributed by atoms with Crippen LogP contribution in [0.2, 0.25) is 0 Å². The van der Waals surface area contributed by atoms with Crippen molar-refractivity contribution in [2.24, 2.45) is 17.6 Å². The van der Waals surface area contributed by atoms with Crippen LogP contribution in [0.3, 0.4) is 0 Å². The largest absolute Gasteiger partial charge is 0.365 e. The predicted octanol–water partition coefficient (Wildman–Crippen LogP) is 2.29. The fraction of sp³-hybridized carbons (Fsp3) is 0.346. The summed E-state index contributed by atoms with van der Waals surface area (Å²) in [5.41, 5.74) is 7.45. The molecule has 1 aliphatic heterocycles. The Hall–Kier alpha value is -3.25. The maximum absolute atomic E-state index is 13.6. The molecule has 0 unspecified atom stereocenters. The van der Waals surface area contributed by atoms with Gasteiger partial charge in [0.25, 0.3) is 5.91 Å². The molecule has 0 saturated carbocycles. The van der Waals surface area contributed by atoms with Crippen LogP contribution in [0.5, 0.6) is 0 Å². The van der Waals surface area contributed by atoms with E-state index in [-0.39, 0.29) is 36.7 Å².